The second kappa shape index (κ2) is 10.8. The van der Waals surface area contributed by atoms with Crippen molar-refractivity contribution in [2.45, 2.75) is 0 Å². The Kier molecular flexibility index (Phi) is 7.98. The summed E-state index contributed by atoms with van der Waals surface area (Å²) in [6.07, 6.45) is 3.04. The maximum absolute atomic E-state index is 11.6. The molecule has 0 saturated heterocycles. The normalized spacial score (nSPS) is 10.2. The van der Waals surface area contributed by atoms with Crippen LogP contribution in [0.25, 0.3) is 0 Å². The highest BCUT2D eigenvalue weighted by Gasteiger charge is 2.06. The highest BCUT2D eigenvalue weighted by molar-refractivity contribution is 5.91. The highest BCUT2D eigenvalue weighted by Crippen LogP contribution is 1.93. The summed E-state index contributed by atoms with van der Waals surface area (Å²) in [4.78, 5) is 40.9. The maximum atomic E-state index is 11.6. The van der Waals surface area contributed by atoms with Gasteiger partial charge in [-0.1, -0.05) is 12.1 Å². The van der Waals surface area contributed by atoms with Crippen molar-refractivity contribution in [3.05, 3.63) is 60.2 Å². The predicted octanol–water partition coefficient (Wildman–Crippen LogP) is 0.516. The number of hydrogen-bond acceptors (Lipinski definition) is 7. The average molecular weight is 346 g/mol. The van der Waals surface area contributed by atoms with E-state index in [9.17, 15) is 9.59 Å². The summed E-state index contributed by atoms with van der Waals surface area (Å²) in [5, 5.41) is 0. The number of hydroxylamine groups is 2. The zero-order valence-electron chi connectivity index (χ0n) is 13.4. The number of carbonyl (C=O) groups is 2. The van der Waals surface area contributed by atoms with Crippen LogP contribution in [0.3, 0.4) is 0 Å². The first-order valence-corrected chi connectivity index (χ1v) is 7.51. The molecule has 2 heterocycles. The van der Waals surface area contributed by atoms with E-state index in [0.29, 0.717) is 0 Å². The Morgan fingerprint density at radius 1 is 0.760 bits per heavy atom. The fourth-order valence-corrected chi connectivity index (χ4v) is 1.64. The van der Waals surface area contributed by atoms with Crippen LogP contribution < -0.4 is 11.0 Å². The number of rotatable bonds is 10. The van der Waals surface area contributed by atoms with Gasteiger partial charge in [-0.3, -0.25) is 29.2 Å². The Hall–Kier alpha value is -2.88. The molecule has 132 valence electrons. The van der Waals surface area contributed by atoms with Gasteiger partial charge in [0.1, 0.15) is 11.4 Å². The number of ether oxygens (including phenoxy) is 1. The Balaban J connectivity index is 1.45. The number of nitrogens with one attached hydrogen (secondary N) is 2. The van der Waals surface area contributed by atoms with Gasteiger partial charge in [-0.2, -0.15) is 0 Å². The third kappa shape index (κ3) is 7.04. The fourth-order valence-electron chi connectivity index (χ4n) is 1.64. The van der Waals surface area contributed by atoms with E-state index in [1.807, 2.05) is 0 Å². The number of nitrogens with zero attached hydrogens (tertiary/aromatic N) is 2. The molecule has 0 bridgehead atoms. The van der Waals surface area contributed by atoms with E-state index in [2.05, 4.69) is 20.9 Å². The summed E-state index contributed by atoms with van der Waals surface area (Å²) in [7, 11) is 0. The average Bonchev–Trinajstić information content (AvgIpc) is 2.67. The summed E-state index contributed by atoms with van der Waals surface area (Å²) in [5.41, 5.74) is 5.04. The molecule has 2 N–H and O–H groups in total. The molecule has 2 amide bonds. The Bertz CT molecular complexity index is 597. The number of pyridine rings is 2. The first-order chi connectivity index (χ1) is 12.3. The lowest BCUT2D eigenvalue weighted by Crippen LogP contribution is -2.27. The maximum Gasteiger partial charge on any atom is 0.293 e. The van der Waals surface area contributed by atoms with Gasteiger partial charge in [-0.15, -0.1) is 0 Å². The van der Waals surface area contributed by atoms with Crippen LogP contribution in [0.2, 0.25) is 0 Å². The predicted molar refractivity (Wildman–Crippen MR) is 86.1 cm³/mol. The molecule has 0 saturated carbocycles. The van der Waals surface area contributed by atoms with Gasteiger partial charge < -0.3 is 4.74 Å². The molecule has 0 aromatic carbocycles. The molecule has 2 aromatic heterocycles. The van der Waals surface area contributed by atoms with E-state index in [0.717, 1.165) is 0 Å². The number of carbonyl (C=O) groups excluding carboxylic acids is 2. The van der Waals surface area contributed by atoms with Crippen LogP contribution >= 0.6 is 0 Å². The van der Waals surface area contributed by atoms with Gasteiger partial charge in [0.2, 0.25) is 0 Å². The van der Waals surface area contributed by atoms with Crippen molar-refractivity contribution in [1.82, 2.24) is 20.9 Å². The summed E-state index contributed by atoms with van der Waals surface area (Å²) in [5.74, 6) is -0.859. The Labute approximate surface area is 144 Å². The molecule has 2 rings (SSSR count). The molecular formula is C16H18N4O5. The Morgan fingerprint density at radius 3 is 1.64 bits per heavy atom. The van der Waals surface area contributed by atoms with Crippen LogP contribution in [0.5, 0.6) is 0 Å². The smallest absolute Gasteiger partial charge is 0.293 e. The molecule has 9 heteroatoms. The van der Waals surface area contributed by atoms with Gasteiger partial charge in [0.25, 0.3) is 11.8 Å². The quantitative estimate of drug-likeness (QED) is 0.476. The molecule has 2 aromatic rings. The monoisotopic (exact) mass is 346 g/mol. The molecule has 0 atom stereocenters. The number of aromatic nitrogens is 2. The third-order valence-corrected chi connectivity index (χ3v) is 2.78. The van der Waals surface area contributed by atoms with E-state index in [1.54, 1.807) is 36.4 Å². The Morgan fingerprint density at radius 2 is 1.24 bits per heavy atom. The SMILES string of the molecule is O=C(NOCCOCCONC(=O)c1ccccn1)c1ccccn1. The zero-order valence-corrected chi connectivity index (χ0v) is 13.4. The van der Waals surface area contributed by atoms with Crippen LogP contribution in [-0.4, -0.2) is 48.2 Å². The molecule has 9 nitrogen and oxygen atoms in total. The zero-order chi connectivity index (χ0) is 17.7. The van der Waals surface area contributed by atoms with E-state index in [1.165, 1.54) is 12.4 Å². The minimum atomic E-state index is -0.429. The highest BCUT2D eigenvalue weighted by atomic mass is 16.7. The van der Waals surface area contributed by atoms with E-state index < -0.39 is 11.8 Å². The van der Waals surface area contributed by atoms with Crippen molar-refractivity contribution in [3.63, 3.8) is 0 Å². The van der Waals surface area contributed by atoms with Gasteiger partial charge in [-0.05, 0) is 24.3 Å². The van der Waals surface area contributed by atoms with Crippen molar-refractivity contribution >= 4 is 11.8 Å². The second-order valence-corrected chi connectivity index (χ2v) is 4.60. The molecule has 25 heavy (non-hydrogen) atoms. The molecule has 0 aliphatic carbocycles. The lowest BCUT2D eigenvalue weighted by molar-refractivity contribution is -0.0273. The molecule has 0 unspecified atom stereocenters. The van der Waals surface area contributed by atoms with Crippen molar-refractivity contribution < 1.29 is 24.0 Å². The molecule has 0 spiro atoms. The van der Waals surface area contributed by atoms with Crippen molar-refractivity contribution in [2.75, 3.05) is 26.4 Å². The van der Waals surface area contributed by atoms with E-state index in [4.69, 9.17) is 14.4 Å². The van der Waals surface area contributed by atoms with Crippen LogP contribution in [0.4, 0.5) is 0 Å². The van der Waals surface area contributed by atoms with Crippen molar-refractivity contribution in [3.8, 4) is 0 Å². The summed E-state index contributed by atoms with van der Waals surface area (Å²) in [6.45, 7) is 0.831. The largest absolute Gasteiger partial charge is 0.376 e. The van der Waals surface area contributed by atoms with Gasteiger partial charge in [-0.25, -0.2) is 11.0 Å². The van der Waals surface area contributed by atoms with Crippen LogP contribution in [0.15, 0.2) is 48.8 Å². The fraction of sp³-hybridized carbons (Fsp3) is 0.250. The second-order valence-electron chi connectivity index (χ2n) is 4.60. The molecular weight excluding hydrogens is 328 g/mol. The van der Waals surface area contributed by atoms with E-state index >= 15 is 0 Å². The topological polar surface area (TPSA) is 112 Å². The first-order valence-electron chi connectivity index (χ1n) is 7.51. The molecule has 0 aliphatic rings. The van der Waals surface area contributed by atoms with E-state index in [-0.39, 0.29) is 37.8 Å². The lowest BCUT2D eigenvalue weighted by atomic mass is 10.3. The van der Waals surface area contributed by atoms with Gasteiger partial charge >= 0.3 is 0 Å². The molecule has 0 aliphatic heterocycles. The summed E-state index contributed by atoms with van der Waals surface area (Å²) >= 11 is 0. The van der Waals surface area contributed by atoms with Gasteiger partial charge in [0, 0.05) is 12.4 Å². The van der Waals surface area contributed by atoms with Gasteiger partial charge in [0.05, 0.1) is 26.4 Å². The number of hydrogen-bond donors (Lipinski definition) is 2. The van der Waals surface area contributed by atoms with Crippen LogP contribution in [0, 0.1) is 0 Å². The summed E-state index contributed by atoms with van der Waals surface area (Å²) in [6, 6.07) is 9.99. The van der Waals surface area contributed by atoms with Crippen molar-refractivity contribution in [1.29, 1.82) is 0 Å². The standard InChI is InChI=1S/C16H18N4O5/c21-15(13-5-1-3-7-17-13)19-24-11-9-23-10-12-25-20-16(22)14-6-2-4-8-18-14/h1-8H,9-12H2,(H,19,21)(H,20,22). The molecule has 0 radical (unpaired) electrons. The summed E-state index contributed by atoms with van der Waals surface area (Å²) < 4.78 is 5.22. The van der Waals surface area contributed by atoms with Gasteiger partial charge in [0.15, 0.2) is 0 Å². The van der Waals surface area contributed by atoms with Crippen LogP contribution in [0.1, 0.15) is 21.0 Å². The minimum absolute atomic E-state index is 0.166. The van der Waals surface area contributed by atoms with Crippen LogP contribution in [-0.2, 0) is 14.4 Å². The minimum Gasteiger partial charge on any atom is -0.376 e. The number of amides is 2. The first kappa shape index (κ1) is 18.5. The molecule has 0 fully saturated rings. The van der Waals surface area contributed by atoms with Crippen molar-refractivity contribution in [2.24, 2.45) is 0 Å². The third-order valence-electron chi connectivity index (χ3n) is 2.78. The lowest BCUT2D eigenvalue weighted by Gasteiger charge is -2.07.